The number of nitro groups is 1. The fourth-order valence-electron chi connectivity index (χ4n) is 10.9. The summed E-state index contributed by atoms with van der Waals surface area (Å²) in [6.07, 6.45) is 13.7. The van der Waals surface area contributed by atoms with Crippen LogP contribution in [0.4, 0.5) is 17.2 Å². The van der Waals surface area contributed by atoms with Gasteiger partial charge in [-0.25, -0.2) is 23.1 Å². The summed E-state index contributed by atoms with van der Waals surface area (Å²) in [5.74, 6) is 0.0486. The maximum atomic E-state index is 14.0. The summed E-state index contributed by atoms with van der Waals surface area (Å²) in [7, 11) is -4.63. The second-order valence-electron chi connectivity index (χ2n) is 19.8. The molecule has 1 spiro atoms. The van der Waals surface area contributed by atoms with Gasteiger partial charge in [0.15, 0.2) is 0 Å². The number of sulfonamides is 1. The van der Waals surface area contributed by atoms with Gasteiger partial charge < -0.3 is 29.8 Å². The van der Waals surface area contributed by atoms with Crippen molar-refractivity contribution in [3.8, 4) is 11.5 Å². The van der Waals surface area contributed by atoms with Gasteiger partial charge >= 0.3 is 5.69 Å². The Morgan fingerprint density at radius 2 is 1.75 bits per heavy atom. The van der Waals surface area contributed by atoms with E-state index in [1.165, 1.54) is 30.2 Å². The highest BCUT2D eigenvalue weighted by molar-refractivity contribution is 7.90. The highest BCUT2D eigenvalue weighted by Crippen LogP contribution is 2.48. The molecule has 356 valence electrons. The summed E-state index contributed by atoms with van der Waals surface area (Å²) in [6.45, 7) is 10.8. The van der Waals surface area contributed by atoms with E-state index in [2.05, 4.69) is 72.9 Å². The van der Waals surface area contributed by atoms with Gasteiger partial charge in [0.1, 0.15) is 22.0 Å². The van der Waals surface area contributed by atoms with Gasteiger partial charge in [-0.1, -0.05) is 38.1 Å². The quantitative estimate of drug-likeness (QED) is 0.0644. The van der Waals surface area contributed by atoms with Crippen LogP contribution in [0, 0.1) is 21.4 Å². The van der Waals surface area contributed by atoms with Crippen molar-refractivity contribution in [3.63, 3.8) is 0 Å². The summed E-state index contributed by atoms with van der Waals surface area (Å²) in [4.78, 5) is 41.5. The number of pyridine rings is 2. The van der Waals surface area contributed by atoms with E-state index in [1.54, 1.807) is 31.3 Å². The standard InChI is InChI=1S/C50H62N8O8S/c1-33(2)40-6-4-5-7-41(40)44-32-65-25-24-57(44)36-12-17-50(18-13-36)19-22-56(23-20-50)37-8-9-42(45(27-37)66-38-26-35-14-21-51-46(35)53-30-38)48(59)55-67(63,64)39-28-43(58(61)62)47(54-31-39)52-29-34-10-15-49(3,60)16-11-34/h4-9,14,21,26-28,30-31,33-34,36,44,60H,10-13,15-20,22-25,29,32H2,1-3H3,(H,51,53)(H,52,54)(H,55,59)/t34-,44-,49-/m0/s1. The Hall–Kier alpha value is -5.62. The molecule has 2 saturated heterocycles. The van der Waals surface area contributed by atoms with E-state index in [9.17, 15) is 28.4 Å². The van der Waals surface area contributed by atoms with E-state index in [4.69, 9.17) is 9.47 Å². The number of anilines is 2. The first-order valence-corrected chi connectivity index (χ1v) is 25.2. The fourth-order valence-corrected chi connectivity index (χ4v) is 11.8. The molecule has 2 aliphatic carbocycles. The summed E-state index contributed by atoms with van der Waals surface area (Å²) in [5, 5.41) is 26.2. The number of fused-ring (bicyclic) bond motifs is 1. The minimum Gasteiger partial charge on any atom is -0.455 e. The van der Waals surface area contributed by atoms with Crippen LogP contribution in [0.1, 0.15) is 118 Å². The lowest BCUT2D eigenvalue weighted by atomic mass is 9.66. The zero-order valence-electron chi connectivity index (χ0n) is 38.6. The molecule has 5 heterocycles. The normalized spacial score (nSPS) is 22.8. The average molecular weight is 935 g/mol. The molecular weight excluding hydrogens is 873 g/mol. The highest BCUT2D eigenvalue weighted by Gasteiger charge is 2.42. The number of aromatic nitrogens is 3. The molecule has 0 radical (unpaired) electrons. The number of amides is 1. The van der Waals surface area contributed by atoms with Crippen molar-refractivity contribution < 1.29 is 32.7 Å². The Bertz CT molecular complexity index is 2700. The number of morpholine rings is 1. The monoisotopic (exact) mass is 934 g/mol. The number of H-pyrrole nitrogens is 1. The summed E-state index contributed by atoms with van der Waals surface area (Å²) in [5.41, 5.74) is 3.25. The van der Waals surface area contributed by atoms with Crippen LogP contribution in [0.3, 0.4) is 0 Å². The zero-order chi connectivity index (χ0) is 46.9. The Labute approximate surface area is 392 Å². The van der Waals surface area contributed by atoms with Gasteiger partial charge in [-0.3, -0.25) is 19.8 Å². The predicted octanol–water partition coefficient (Wildman–Crippen LogP) is 8.86. The molecule has 2 aliphatic heterocycles. The molecule has 4 N–H and O–H groups in total. The first kappa shape index (κ1) is 46.5. The molecule has 17 heteroatoms. The number of carbonyl (C=O) groups excluding carboxylic acids is 1. The van der Waals surface area contributed by atoms with Gasteiger partial charge in [0.2, 0.25) is 5.82 Å². The highest BCUT2D eigenvalue weighted by atomic mass is 32.2. The van der Waals surface area contributed by atoms with Crippen molar-refractivity contribution >= 4 is 44.2 Å². The number of ether oxygens (including phenoxy) is 2. The molecule has 3 aromatic heterocycles. The van der Waals surface area contributed by atoms with Gasteiger partial charge in [-0.2, -0.15) is 0 Å². The second kappa shape index (κ2) is 19.2. The third-order valence-corrected chi connectivity index (χ3v) is 16.2. The van der Waals surface area contributed by atoms with Gasteiger partial charge in [0.25, 0.3) is 15.9 Å². The van der Waals surface area contributed by atoms with Crippen molar-refractivity contribution in [2.75, 3.05) is 49.6 Å². The molecule has 4 fully saturated rings. The van der Waals surface area contributed by atoms with Crippen LogP contribution < -0.4 is 19.7 Å². The topological polar surface area (TPSA) is 205 Å². The summed E-state index contributed by atoms with van der Waals surface area (Å²) in [6, 6.07) is 19.3. The van der Waals surface area contributed by atoms with Gasteiger partial charge in [-0.05, 0) is 124 Å². The zero-order valence-corrected chi connectivity index (χ0v) is 39.4. The molecular formula is C50H62N8O8S. The Morgan fingerprint density at radius 3 is 2.49 bits per heavy atom. The van der Waals surface area contributed by atoms with Crippen LogP contribution in [0.2, 0.25) is 0 Å². The first-order valence-electron chi connectivity index (χ1n) is 23.8. The Kier molecular flexibility index (Phi) is 13.3. The molecule has 67 heavy (non-hydrogen) atoms. The van der Waals surface area contributed by atoms with Crippen LogP contribution in [0.25, 0.3) is 11.0 Å². The Balaban J connectivity index is 0.889. The lowest BCUT2D eigenvalue weighted by Crippen LogP contribution is -2.50. The van der Waals surface area contributed by atoms with E-state index in [1.807, 2.05) is 12.1 Å². The Morgan fingerprint density at radius 1 is 0.985 bits per heavy atom. The number of carbonyl (C=O) groups is 1. The second-order valence-corrected chi connectivity index (χ2v) is 21.4. The van der Waals surface area contributed by atoms with Crippen molar-refractivity contribution in [3.05, 3.63) is 106 Å². The van der Waals surface area contributed by atoms with Crippen molar-refractivity contribution in [2.45, 2.75) is 113 Å². The fraction of sp³-hybridized carbons (Fsp3) is 0.500. The van der Waals surface area contributed by atoms with Crippen molar-refractivity contribution in [2.24, 2.45) is 11.3 Å². The maximum Gasteiger partial charge on any atom is 0.312 e. The number of aliphatic hydroxyl groups is 1. The lowest BCUT2D eigenvalue weighted by Gasteiger charge is -2.50. The molecule has 16 nitrogen and oxygen atoms in total. The molecule has 2 aromatic carbocycles. The molecule has 5 aromatic rings. The van der Waals surface area contributed by atoms with Crippen LogP contribution >= 0.6 is 0 Å². The van der Waals surface area contributed by atoms with Crippen molar-refractivity contribution in [1.82, 2.24) is 24.6 Å². The summed E-state index contributed by atoms with van der Waals surface area (Å²) < 4.78 is 42.0. The SMILES string of the molecule is CC(C)c1ccccc1[C@@H]1COCCN1C1CCC2(CC1)CCN(c1ccc(C(=O)NS(=O)(=O)c3cnc(NC[C@H]4CC[C@](C)(O)CC4)c([N+](=O)[O-])c3)c(Oc3cnc4[nH]ccc4c3)c1)CC2. The number of nitrogens with one attached hydrogen (secondary N) is 3. The van der Waals surface area contributed by atoms with Crippen LogP contribution in [-0.4, -0.2) is 95.2 Å². The molecule has 2 saturated carbocycles. The van der Waals surface area contributed by atoms with Crippen LogP contribution in [0.15, 0.2) is 84.1 Å². The van der Waals surface area contributed by atoms with Crippen molar-refractivity contribution in [1.29, 1.82) is 0 Å². The third-order valence-electron chi connectivity index (χ3n) is 15.0. The van der Waals surface area contributed by atoms with E-state index >= 15 is 0 Å². The minimum absolute atomic E-state index is 0.0436. The summed E-state index contributed by atoms with van der Waals surface area (Å²) >= 11 is 0. The number of piperidine rings is 1. The molecule has 0 bridgehead atoms. The number of aromatic amines is 1. The molecule has 9 rings (SSSR count). The largest absolute Gasteiger partial charge is 0.455 e. The van der Waals surface area contributed by atoms with E-state index in [-0.39, 0.29) is 34.5 Å². The van der Waals surface area contributed by atoms with Gasteiger partial charge in [0.05, 0.1) is 47.7 Å². The minimum atomic E-state index is -4.63. The lowest BCUT2D eigenvalue weighted by molar-refractivity contribution is -0.384. The number of hydrogen-bond acceptors (Lipinski definition) is 13. The van der Waals surface area contributed by atoms with Crippen LogP contribution in [0.5, 0.6) is 11.5 Å². The van der Waals surface area contributed by atoms with Gasteiger partial charge in [0, 0.05) is 61.6 Å². The van der Waals surface area contributed by atoms with Gasteiger partial charge in [-0.15, -0.1) is 0 Å². The van der Waals surface area contributed by atoms with E-state index in [0.29, 0.717) is 42.7 Å². The predicted molar refractivity (Wildman–Crippen MR) is 256 cm³/mol. The third kappa shape index (κ3) is 10.3. The number of benzene rings is 2. The number of rotatable bonds is 13. The molecule has 4 aliphatic rings. The average Bonchev–Trinajstić information content (AvgIpc) is 3.80. The van der Waals surface area contributed by atoms with E-state index in [0.717, 1.165) is 94.7 Å². The smallest absolute Gasteiger partial charge is 0.312 e. The van der Waals surface area contributed by atoms with E-state index < -0.39 is 37.0 Å². The molecule has 1 atom stereocenters. The number of hydrogen-bond donors (Lipinski definition) is 4. The number of nitrogens with zero attached hydrogens (tertiary/aromatic N) is 5. The molecule has 0 unspecified atom stereocenters. The molecule has 1 amide bonds. The maximum absolute atomic E-state index is 14.0. The first-order chi connectivity index (χ1) is 32.2. The van der Waals surface area contributed by atoms with Crippen LogP contribution in [-0.2, 0) is 14.8 Å².